The lowest BCUT2D eigenvalue weighted by molar-refractivity contribution is -0.132. The standard InChI is InChI=1S/C25H28N4O3/c1-16(2)18-7-9-20(10-8-18)25-27-22(32-28-25)13-14-23(30)29(21-11-12-21)15-17-3-5-19(6-4-17)24(26)31/h3-10,16,21H,11-15H2,1-2H3,(H2,26,31). The van der Waals surface area contributed by atoms with Crippen molar-refractivity contribution in [2.75, 3.05) is 0 Å². The number of rotatable bonds is 9. The largest absolute Gasteiger partial charge is 0.366 e. The molecule has 0 unspecified atom stereocenters. The van der Waals surface area contributed by atoms with Gasteiger partial charge in [0, 0.05) is 36.6 Å². The monoisotopic (exact) mass is 432 g/mol. The fourth-order valence-electron chi connectivity index (χ4n) is 3.63. The molecule has 166 valence electrons. The van der Waals surface area contributed by atoms with E-state index in [9.17, 15) is 9.59 Å². The van der Waals surface area contributed by atoms with Gasteiger partial charge in [-0.1, -0.05) is 55.4 Å². The maximum atomic E-state index is 12.9. The summed E-state index contributed by atoms with van der Waals surface area (Å²) in [5, 5.41) is 4.07. The van der Waals surface area contributed by atoms with E-state index in [2.05, 4.69) is 36.1 Å². The molecule has 1 heterocycles. The highest BCUT2D eigenvalue weighted by molar-refractivity contribution is 5.92. The molecule has 1 fully saturated rings. The topological polar surface area (TPSA) is 102 Å². The molecule has 4 rings (SSSR count). The number of carbonyl (C=O) groups excluding carboxylic acids is 2. The molecule has 7 nitrogen and oxygen atoms in total. The Morgan fingerprint density at radius 1 is 1.09 bits per heavy atom. The summed E-state index contributed by atoms with van der Waals surface area (Å²) < 4.78 is 5.38. The molecule has 1 aromatic heterocycles. The van der Waals surface area contributed by atoms with Crippen molar-refractivity contribution in [3.05, 3.63) is 71.1 Å². The van der Waals surface area contributed by atoms with Crippen molar-refractivity contribution < 1.29 is 14.1 Å². The van der Waals surface area contributed by atoms with Crippen LogP contribution in [0.15, 0.2) is 53.1 Å². The molecular formula is C25H28N4O3. The van der Waals surface area contributed by atoms with Crippen molar-refractivity contribution >= 4 is 11.8 Å². The SMILES string of the molecule is CC(C)c1ccc(-c2noc(CCC(=O)N(Cc3ccc(C(N)=O)cc3)C3CC3)n2)cc1. The Morgan fingerprint density at radius 2 is 1.78 bits per heavy atom. The predicted octanol–water partition coefficient (Wildman–Crippen LogP) is 4.08. The lowest BCUT2D eigenvalue weighted by Gasteiger charge is -2.22. The summed E-state index contributed by atoms with van der Waals surface area (Å²) in [7, 11) is 0. The van der Waals surface area contributed by atoms with Crippen molar-refractivity contribution in [2.45, 2.75) is 58.0 Å². The van der Waals surface area contributed by atoms with Crippen molar-refractivity contribution in [3.63, 3.8) is 0 Å². The van der Waals surface area contributed by atoms with E-state index in [0.29, 0.717) is 42.6 Å². The molecule has 2 N–H and O–H groups in total. The molecule has 2 amide bonds. The van der Waals surface area contributed by atoms with E-state index in [0.717, 1.165) is 24.0 Å². The third-order valence-electron chi connectivity index (χ3n) is 5.76. The molecule has 1 aliphatic carbocycles. The first kappa shape index (κ1) is 21.7. The average molecular weight is 433 g/mol. The van der Waals surface area contributed by atoms with Gasteiger partial charge in [0.25, 0.3) is 0 Å². The molecular weight excluding hydrogens is 404 g/mol. The number of aryl methyl sites for hydroxylation is 1. The van der Waals surface area contributed by atoms with Crippen LogP contribution in [0.5, 0.6) is 0 Å². The number of carbonyl (C=O) groups is 2. The highest BCUT2D eigenvalue weighted by atomic mass is 16.5. The molecule has 0 atom stereocenters. The Kier molecular flexibility index (Phi) is 6.35. The molecule has 32 heavy (non-hydrogen) atoms. The van der Waals surface area contributed by atoms with Crippen molar-refractivity contribution in [1.82, 2.24) is 15.0 Å². The van der Waals surface area contributed by atoms with Crippen LogP contribution in [-0.4, -0.2) is 32.9 Å². The number of hydrogen-bond acceptors (Lipinski definition) is 5. The minimum Gasteiger partial charge on any atom is -0.366 e. The first-order chi connectivity index (χ1) is 15.4. The van der Waals surface area contributed by atoms with Gasteiger partial charge in [0.2, 0.25) is 23.5 Å². The van der Waals surface area contributed by atoms with Crippen LogP contribution in [0, 0.1) is 0 Å². The molecule has 0 saturated heterocycles. The lowest BCUT2D eigenvalue weighted by atomic mass is 10.0. The lowest BCUT2D eigenvalue weighted by Crippen LogP contribution is -2.32. The zero-order valence-electron chi connectivity index (χ0n) is 18.5. The molecule has 0 spiro atoms. The number of benzene rings is 2. The third-order valence-corrected chi connectivity index (χ3v) is 5.76. The Hall–Kier alpha value is -3.48. The van der Waals surface area contributed by atoms with Crippen molar-refractivity contribution in [1.29, 1.82) is 0 Å². The molecule has 3 aromatic rings. The van der Waals surface area contributed by atoms with E-state index in [1.165, 1.54) is 5.56 Å². The van der Waals surface area contributed by atoms with Crippen LogP contribution in [0.1, 0.15) is 66.4 Å². The Morgan fingerprint density at radius 3 is 2.38 bits per heavy atom. The summed E-state index contributed by atoms with van der Waals surface area (Å²) in [5.41, 5.74) is 8.89. The van der Waals surface area contributed by atoms with E-state index in [4.69, 9.17) is 10.3 Å². The Labute approximate surface area is 187 Å². The normalized spacial score (nSPS) is 13.3. The molecule has 0 bridgehead atoms. The van der Waals surface area contributed by atoms with Gasteiger partial charge in [-0.3, -0.25) is 9.59 Å². The van der Waals surface area contributed by atoms with Crippen LogP contribution in [0.4, 0.5) is 0 Å². The zero-order valence-corrected chi connectivity index (χ0v) is 18.5. The van der Waals surface area contributed by atoms with Gasteiger partial charge in [0.05, 0.1) is 0 Å². The number of nitrogens with two attached hydrogens (primary N) is 1. The van der Waals surface area contributed by atoms with Gasteiger partial charge in [-0.25, -0.2) is 0 Å². The highest BCUT2D eigenvalue weighted by Crippen LogP contribution is 2.29. The van der Waals surface area contributed by atoms with E-state index >= 15 is 0 Å². The van der Waals surface area contributed by atoms with E-state index in [1.54, 1.807) is 12.1 Å². The van der Waals surface area contributed by atoms with Crippen LogP contribution in [0.25, 0.3) is 11.4 Å². The summed E-state index contributed by atoms with van der Waals surface area (Å²) in [6, 6.07) is 15.5. The molecule has 0 radical (unpaired) electrons. The van der Waals surface area contributed by atoms with Gasteiger partial charge in [0.1, 0.15) is 0 Å². The second-order valence-electron chi connectivity index (χ2n) is 8.60. The van der Waals surface area contributed by atoms with Crippen molar-refractivity contribution in [2.24, 2.45) is 5.73 Å². The Balaban J connectivity index is 1.36. The quantitative estimate of drug-likeness (QED) is 0.549. The van der Waals surface area contributed by atoms with Gasteiger partial charge in [-0.2, -0.15) is 4.98 Å². The molecule has 1 aliphatic rings. The zero-order chi connectivity index (χ0) is 22.7. The molecule has 0 aliphatic heterocycles. The van der Waals surface area contributed by atoms with Crippen LogP contribution >= 0.6 is 0 Å². The first-order valence-corrected chi connectivity index (χ1v) is 11.0. The van der Waals surface area contributed by atoms with E-state index in [-0.39, 0.29) is 11.9 Å². The van der Waals surface area contributed by atoms with Crippen LogP contribution in [-0.2, 0) is 17.8 Å². The molecule has 1 saturated carbocycles. The fourth-order valence-corrected chi connectivity index (χ4v) is 3.63. The Bertz CT molecular complexity index is 1080. The fraction of sp³-hybridized carbons (Fsp3) is 0.360. The summed E-state index contributed by atoms with van der Waals surface area (Å²) in [6.07, 6.45) is 2.74. The second kappa shape index (κ2) is 9.34. The van der Waals surface area contributed by atoms with E-state index < -0.39 is 5.91 Å². The number of primary amides is 1. The highest BCUT2D eigenvalue weighted by Gasteiger charge is 2.32. The van der Waals surface area contributed by atoms with Crippen LogP contribution < -0.4 is 5.73 Å². The smallest absolute Gasteiger partial charge is 0.248 e. The number of aromatic nitrogens is 2. The summed E-state index contributed by atoms with van der Waals surface area (Å²) in [5.74, 6) is 1.07. The number of nitrogens with zero attached hydrogens (tertiary/aromatic N) is 3. The first-order valence-electron chi connectivity index (χ1n) is 11.0. The van der Waals surface area contributed by atoms with Gasteiger partial charge >= 0.3 is 0 Å². The van der Waals surface area contributed by atoms with Gasteiger partial charge in [-0.05, 0) is 42.0 Å². The van der Waals surface area contributed by atoms with Crippen LogP contribution in [0.3, 0.4) is 0 Å². The molecule has 7 heteroatoms. The second-order valence-corrected chi connectivity index (χ2v) is 8.60. The maximum Gasteiger partial charge on any atom is 0.248 e. The van der Waals surface area contributed by atoms with Gasteiger partial charge in [-0.15, -0.1) is 0 Å². The number of hydrogen-bond donors (Lipinski definition) is 1. The minimum atomic E-state index is -0.457. The molecule has 2 aromatic carbocycles. The maximum absolute atomic E-state index is 12.9. The average Bonchev–Trinajstić information content (AvgIpc) is 3.52. The summed E-state index contributed by atoms with van der Waals surface area (Å²) in [4.78, 5) is 30.5. The summed E-state index contributed by atoms with van der Waals surface area (Å²) >= 11 is 0. The van der Waals surface area contributed by atoms with Gasteiger partial charge < -0.3 is 15.2 Å². The number of amides is 2. The van der Waals surface area contributed by atoms with E-state index in [1.807, 2.05) is 29.2 Å². The summed E-state index contributed by atoms with van der Waals surface area (Å²) in [6.45, 7) is 4.82. The minimum absolute atomic E-state index is 0.0625. The third kappa shape index (κ3) is 5.22. The van der Waals surface area contributed by atoms with Crippen LogP contribution in [0.2, 0.25) is 0 Å². The van der Waals surface area contributed by atoms with Gasteiger partial charge in [0.15, 0.2) is 0 Å². The predicted molar refractivity (Wildman–Crippen MR) is 121 cm³/mol. The van der Waals surface area contributed by atoms with Crippen molar-refractivity contribution in [3.8, 4) is 11.4 Å².